The molecule has 2 aromatic rings. The molecule has 4 rings (SSSR count). The quantitative estimate of drug-likeness (QED) is 0.838. The van der Waals surface area contributed by atoms with E-state index in [1.165, 1.54) is 30.1 Å². The Kier molecular flexibility index (Phi) is 4.40. The molecule has 0 unspecified atom stereocenters. The summed E-state index contributed by atoms with van der Waals surface area (Å²) in [5.41, 5.74) is 1.32. The molecule has 6 heteroatoms. The zero-order valence-electron chi connectivity index (χ0n) is 15.9. The number of hydrogen-bond donors (Lipinski definition) is 0. The number of fused-ring (bicyclic) bond motifs is 3. The molecular formula is C19H30N6. The van der Waals surface area contributed by atoms with Crippen molar-refractivity contribution < 1.29 is 0 Å². The lowest BCUT2D eigenvalue weighted by Gasteiger charge is -2.27. The maximum atomic E-state index is 4.53. The van der Waals surface area contributed by atoms with Gasteiger partial charge in [-0.2, -0.15) is 5.10 Å². The van der Waals surface area contributed by atoms with E-state index in [0.717, 1.165) is 25.9 Å². The van der Waals surface area contributed by atoms with Gasteiger partial charge in [-0.3, -0.25) is 9.58 Å². The first kappa shape index (κ1) is 16.8. The highest BCUT2D eigenvalue weighted by atomic mass is 15.3. The van der Waals surface area contributed by atoms with E-state index in [1.54, 1.807) is 0 Å². The molecule has 136 valence electrons. The van der Waals surface area contributed by atoms with Crippen molar-refractivity contribution in [2.45, 2.75) is 84.6 Å². The van der Waals surface area contributed by atoms with Gasteiger partial charge in [-0.05, 0) is 32.6 Å². The summed E-state index contributed by atoms with van der Waals surface area (Å²) in [6.07, 6.45) is 8.84. The Hall–Kier alpha value is -1.69. The van der Waals surface area contributed by atoms with Crippen LogP contribution in [0.5, 0.6) is 0 Å². The van der Waals surface area contributed by atoms with Crippen LogP contribution in [0.3, 0.4) is 0 Å². The highest BCUT2D eigenvalue weighted by Gasteiger charge is 2.38. The predicted molar refractivity (Wildman–Crippen MR) is 97.2 cm³/mol. The Balaban J connectivity index is 1.53. The zero-order valence-corrected chi connectivity index (χ0v) is 15.9. The van der Waals surface area contributed by atoms with E-state index in [2.05, 4.69) is 63.3 Å². The van der Waals surface area contributed by atoms with Crippen molar-refractivity contribution in [2.24, 2.45) is 5.92 Å². The molecule has 0 saturated carbocycles. The van der Waals surface area contributed by atoms with Gasteiger partial charge in [0.05, 0.1) is 6.20 Å². The fourth-order valence-corrected chi connectivity index (χ4v) is 4.31. The van der Waals surface area contributed by atoms with E-state index in [-0.39, 0.29) is 0 Å². The molecule has 0 radical (unpaired) electrons. The van der Waals surface area contributed by atoms with Crippen molar-refractivity contribution in [1.29, 1.82) is 0 Å². The van der Waals surface area contributed by atoms with Crippen molar-refractivity contribution in [3.8, 4) is 0 Å². The SMILES string of the molecule is CC(C)Cc1nnc2n1C[C@H]1CC[C@@H](C2)N1Cc1cnn(C(C)C)c1. The molecule has 2 atom stereocenters. The number of rotatable bonds is 5. The third-order valence-corrected chi connectivity index (χ3v) is 5.63. The Labute approximate surface area is 150 Å². The second kappa shape index (κ2) is 6.56. The van der Waals surface area contributed by atoms with Gasteiger partial charge in [-0.1, -0.05) is 13.8 Å². The molecule has 2 aromatic heterocycles. The minimum absolute atomic E-state index is 0.421. The molecule has 4 heterocycles. The van der Waals surface area contributed by atoms with Crippen LogP contribution >= 0.6 is 0 Å². The first-order chi connectivity index (χ1) is 12.0. The predicted octanol–water partition coefficient (Wildman–Crippen LogP) is 2.84. The molecule has 1 saturated heterocycles. The van der Waals surface area contributed by atoms with Crippen LogP contribution in [-0.4, -0.2) is 41.5 Å². The summed E-state index contributed by atoms with van der Waals surface area (Å²) < 4.78 is 4.47. The first-order valence-corrected chi connectivity index (χ1v) is 9.71. The topological polar surface area (TPSA) is 51.8 Å². The smallest absolute Gasteiger partial charge is 0.134 e. The van der Waals surface area contributed by atoms with Gasteiger partial charge in [0.25, 0.3) is 0 Å². The molecule has 6 nitrogen and oxygen atoms in total. The van der Waals surface area contributed by atoms with Crippen molar-refractivity contribution in [3.05, 3.63) is 29.6 Å². The summed E-state index contributed by atoms with van der Waals surface area (Å²) in [4.78, 5) is 2.69. The Bertz CT molecular complexity index is 728. The molecular weight excluding hydrogens is 312 g/mol. The molecule has 2 bridgehead atoms. The van der Waals surface area contributed by atoms with Gasteiger partial charge in [-0.25, -0.2) is 0 Å². The number of nitrogens with zero attached hydrogens (tertiary/aromatic N) is 6. The Morgan fingerprint density at radius 3 is 2.64 bits per heavy atom. The van der Waals surface area contributed by atoms with Gasteiger partial charge in [0.15, 0.2) is 0 Å². The highest BCUT2D eigenvalue weighted by molar-refractivity contribution is 5.10. The molecule has 25 heavy (non-hydrogen) atoms. The van der Waals surface area contributed by atoms with Crippen molar-refractivity contribution in [3.63, 3.8) is 0 Å². The van der Waals surface area contributed by atoms with E-state index in [1.807, 2.05) is 6.20 Å². The normalized spacial score (nSPS) is 23.4. The van der Waals surface area contributed by atoms with Gasteiger partial charge < -0.3 is 4.57 Å². The van der Waals surface area contributed by atoms with Gasteiger partial charge in [0.2, 0.25) is 0 Å². The van der Waals surface area contributed by atoms with Gasteiger partial charge >= 0.3 is 0 Å². The van der Waals surface area contributed by atoms with Crippen LogP contribution in [0.2, 0.25) is 0 Å². The molecule has 2 aliphatic rings. The minimum Gasteiger partial charge on any atom is -0.313 e. The van der Waals surface area contributed by atoms with Crippen LogP contribution in [0, 0.1) is 5.92 Å². The first-order valence-electron chi connectivity index (χ1n) is 9.71. The fourth-order valence-electron chi connectivity index (χ4n) is 4.31. The summed E-state index contributed by atoms with van der Waals surface area (Å²) in [6.45, 7) is 10.9. The molecule has 0 aromatic carbocycles. The van der Waals surface area contributed by atoms with Gasteiger partial charge in [0.1, 0.15) is 11.6 Å². The average molecular weight is 342 g/mol. The largest absolute Gasteiger partial charge is 0.313 e. The maximum absolute atomic E-state index is 4.53. The monoisotopic (exact) mass is 342 g/mol. The van der Waals surface area contributed by atoms with Crippen LogP contribution in [0.1, 0.15) is 63.8 Å². The summed E-state index contributed by atoms with van der Waals surface area (Å²) in [5, 5.41) is 13.5. The number of hydrogen-bond acceptors (Lipinski definition) is 4. The van der Waals surface area contributed by atoms with Gasteiger partial charge in [-0.15, -0.1) is 10.2 Å². The summed E-state index contributed by atoms with van der Waals surface area (Å²) >= 11 is 0. The lowest BCUT2D eigenvalue weighted by atomic mass is 10.1. The van der Waals surface area contributed by atoms with Crippen LogP contribution in [0.25, 0.3) is 0 Å². The van der Waals surface area contributed by atoms with E-state index in [4.69, 9.17) is 0 Å². The van der Waals surface area contributed by atoms with Gasteiger partial charge in [0, 0.05) is 55.8 Å². The van der Waals surface area contributed by atoms with E-state index >= 15 is 0 Å². The number of aromatic nitrogens is 5. The third-order valence-electron chi connectivity index (χ3n) is 5.63. The van der Waals surface area contributed by atoms with Crippen LogP contribution in [-0.2, 0) is 25.9 Å². The fraction of sp³-hybridized carbons (Fsp3) is 0.737. The van der Waals surface area contributed by atoms with Crippen molar-refractivity contribution in [2.75, 3.05) is 0 Å². The summed E-state index contributed by atoms with van der Waals surface area (Å²) in [5.74, 6) is 2.97. The lowest BCUT2D eigenvalue weighted by molar-refractivity contribution is 0.179. The Morgan fingerprint density at radius 1 is 1.12 bits per heavy atom. The van der Waals surface area contributed by atoms with E-state index < -0.39 is 0 Å². The van der Waals surface area contributed by atoms with Crippen molar-refractivity contribution >= 4 is 0 Å². The minimum atomic E-state index is 0.421. The summed E-state index contributed by atoms with van der Waals surface area (Å²) in [7, 11) is 0. The highest BCUT2D eigenvalue weighted by Crippen LogP contribution is 2.33. The van der Waals surface area contributed by atoms with E-state index in [9.17, 15) is 0 Å². The lowest BCUT2D eigenvalue weighted by Crippen LogP contribution is -2.36. The second-order valence-corrected chi connectivity index (χ2v) is 8.42. The van der Waals surface area contributed by atoms with Crippen LogP contribution in [0.4, 0.5) is 0 Å². The summed E-state index contributed by atoms with van der Waals surface area (Å²) in [6, 6.07) is 1.60. The molecule has 1 fully saturated rings. The second-order valence-electron chi connectivity index (χ2n) is 8.42. The standard InChI is InChI=1S/C19H30N6/c1-13(2)7-18-21-22-19-8-16-5-6-17(12-24(18)19)23(16)10-15-9-20-25(11-15)14(3)4/h9,11,13-14,16-17H,5-8,10,12H2,1-4H3/t16-,17+/m0/s1. The zero-order chi connectivity index (χ0) is 17.6. The average Bonchev–Trinajstić information content (AvgIpc) is 3.20. The van der Waals surface area contributed by atoms with E-state index in [0.29, 0.717) is 24.0 Å². The third kappa shape index (κ3) is 3.24. The molecule has 0 spiro atoms. The van der Waals surface area contributed by atoms with Crippen LogP contribution in [0.15, 0.2) is 12.4 Å². The Morgan fingerprint density at radius 2 is 1.92 bits per heavy atom. The van der Waals surface area contributed by atoms with Crippen LogP contribution < -0.4 is 0 Å². The molecule has 0 amide bonds. The molecule has 2 aliphatic heterocycles. The molecule has 0 aliphatic carbocycles. The maximum Gasteiger partial charge on any atom is 0.134 e. The molecule has 0 N–H and O–H groups in total. The van der Waals surface area contributed by atoms with Crippen molar-refractivity contribution in [1.82, 2.24) is 29.4 Å².